The van der Waals surface area contributed by atoms with Crippen LogP contribution >= 0.6 is 23.2 Å². The maximum Gasteiger partial charge on any atom is 0.143 e. The van der Waals surface area contributed by atoms with Crippen molar-refractivity contribution in [2.24, 2.45) is 0 Å². The van der Waals surface area contributed by atoms with E-state index in [0.717, 1.165) is 0 Å². The summed E-state index contributed by atoms with van der Waals surface area (Å²) in [5.74, 6) is 0.160. The van der Waals surface area contributed by atoms with Crippen LogP contribution in [0.2, 0.25) is 5.02 Å². The second-order valence-corrected chi connectivity index (χ2v) is 5.06. The maximum atomic E-state index is 13.7. The van der Waals surface area contributed by atoms with Crippen LogP contribution in [0.15, 0.2) is 36.4 Å². The summed E-state index contributed by atoms with van der Waals surface area (Å²) in [7, 11) is 0. The van der Waals surface area contributed by atoms with Gasteiger partial charge in [0.25, 0.3) is 0 Å². The van der Waals surface area contributed by atoms with Crippen LogP contribution in [0.4, 0.5) is 4.39 Å². The number of nitriles is 1. The second-order valence-electron chi connectivity index (χ2n) is 4.38. The number of imidazole rings is 1. The number of para-hydroxylation sites is 1. The summed E-state index contributed by atoms with van der Waals surface area (Å²) < 4.78 is 15.4. The standard InChI is InChI=1S/C15H8Cl2FN3/c16-7-14-20-15-9(8-19)2-1-3-13(15)21(14)10-4-5-11(17)12(18)6-10/h1-6H,7H2. The van der Waals surface area contributed by atoms with Gasteiger partial charge in [0.1, 0.15) is 23.2 Å². The van der Waals surface area contributed by atoms with Crippen molar-refractivity contribution in [1.82, 2.24) is 9.55 Å². The fourth-order valence-corrected chi connectivity index (χ4v) is 2.54. The highest BCUT2D eigenvalue weighted by Crippen LogP contribution is 2.26. The summed E-state index contributed by atoms with van der Waals surface area (Å²) in [6, 6.07) is 11.8. The Balaban J connectivity index is 2.35. The van der Waals surface area contributed by atoms with Crippen molar-refractivity contribution >= 4 is 34.2 Å². The molecule has 0 saturated carbocycles. The minimum absolute atomic E-state index is 0.0494. The van der Waals surface area contributed by atoms with E-state index in [1.807, 2.05) is 6.07 Å². The minimum Gasteiger partial charge on any atom is -0.295 e. The zero-order valence-corrected chi connectivity index (χ0v) is 12.2. The van der Waals surface area contributed by atoms with Crippen molar-refractivity contribution in [3.05, 3.63) is 58.6 Å². The molecule has 104 valence electrons. The van der Waals surface area contributed by atoms with Crippen LogP contribution in [-0.4, -0.2) is 9.55 Å². The van der Waals surface area contributed by atoms with E-state index >= 15 is 0 Å². The van der Waals surface area contributed by atoms with Gasteiger partial charge in [0.05, 0.1) is 27.7 Å². The highest BCUT2D eigenvalue weighted by Gasteiger charge is 2.15. The van der Waals surface area contributed by atoms with Gasteiger partial charge in [-0.2, -0.15) is 5.26 Å². The van der Waals surface area contributed by atoms with E-state index in [4.69, 9.17) is 28.5 Å². The molecule has 0 aliphatic heterocycles. The first-order chi connectivity index (χ1) is 10.2. The van der Waals surface area contributed by atoms with Gasteiger partial charge in [0.2, 0.25) is 0 Å². The number of benzene rings is 2. The number of halogens is 3. The summed E-state index contributed by atoms with van der Waals surface area (Å²) in [4.78, 5) is 4.38. The van der Waals surface area contributed by atoms with Gasteiger partial charge in [-0.25, -0.2) is 9.37 Å². The van der Waals surface area contributed by atoms with Crippen LogP contribution in [0.1, 0.15) is 11.4 Å². The molecule has 1 heterocycles. The van der Waals surface area contributed by atoms with E-state index in [0.29, 0.717) is 28.1 Å². The molecule has 2 aromatic carbocycles. The number of hydrogen-bond donors (Lipinski definition) is 0. The summed E-state index contributed by atoms with van der Waals surface area (Å²) in [5, 5.41) is 9.20. The first-order valence-electron chi connectivity index (χ1n) is 6.07. The van der Waals surface area contributed by atoms with Crippen molar-refractivity contribution in [3.8, 4) is 11.8 Å². The van der Waals surface area contributed by atoms with E-state index in [9.17, 15) is 4.39 Å². The summed E-state index contributed by atoms with van der Waals surface area (Å²) >= 11 is 11.6. The molecule has 0 spiro atoms. The van der Waals surface area contributed by atoms with Crippen molar-refractivity contribution in [1.29, 1.82) is 5.26 Å². The molecule has 0 saturated heterocycles. The van der Waals surface area contributed by atoms with Gasteiger partial charge in [0.15, 0.2) is 0 Å². The predicted octanol–water partition coefficient (Wildman–Crippen LogP) is 4.43. The van der Waals surface area contributed by atoms with Crippen molar-refractivity contribution in [2.75, 3.05) is 0 Å². The largest absolute Gasteiger partial charge is 0.295 e. The molecule has 0 N–H and O–H groups in total. The molecule has 3 rings (SSSR count). The molecule has 0 unspecified atom stereocenters. The van der Waals surface area contributed by atoms with Crippen molar-refractivity contribution in [3.63, 3.8) is 0 Å². The highest BCUT2D eigenvalue weighted by atomic mass is 35.5. The Morgan fingerprint density at radius 3 is 2.76 bits per heavy atom. The van der Waals surface area contributed by atoms with Crippen molar-refractivity contribution in [2.45, 2.75) is 5.88 Å². The van der Waals surface area contributed by atoms with Crippen LogP contribution in [-0.2, 0) is 5.88 Å². The topological polar surface area (TPSA) is 41.6 Å². The fourth-order valence-electron chi connectivity index (χ4n) is 2.24. The van der Waals surface area contributed by atoms with Crippen LogP contribution < -0.4 is 0 Å². The number of aromatic nitrogens is 2. The number of hydrogen-bond acceptors (Lipinski definition) is 2. The smallest absolute Gasteiger partial charge is 0.143 e. The van der Waals surface area contributed by atoms with E-state index in [-0.39, 0.29) is 10.9 Å². The monoisotopic (exact) mass is 319 g/mol. The summed E-state index contributed by atoms with van der Waals surface area (Å²) in [6.07, 6.45) is 0. The van der Waals surface area contributed by atoms with Crippen LogP contribution in [0, 0.1) is 17.1 Å². The molecule has 0 radical (unpaired) electrons. The van der Waals surface area contributed by atoms with Crippen LogP contribution in [0.25, 0.3) is 16.7 Å². The number of rotatable bonds is 2. The lowest BCUT2D eigenvalue weighted by Gasteiger charge is -2.08. The third kappa shape index (κ3) is 2.25. The molecule has 21 heavy (non-hydrogen) atoms. The molecule has 0 aliphatic rings. The lowest BCUT2D eigenvalue weighted by molar-refractivity contribution is 0.627. The second kappa shape index (κ2) is 5.36. The third-order valence-corrected chi connectivity index (χ3v) is 3.70. The van der Waals surface area contributed by atoms with Gasteiger partial charge in [-0.05, 0) is 30.3 Å². The SMILES string of the molecule is N#Cc1cccc2c1nc(CCl)n2-c1ccc(Cl)c(F)c1. The molecule has 0 amide bonds. The Kier molecular flexibility index (Phi) is 3.54. The minimum atomic E-state index is -0.520. The normalized spacial score (nSPS) is 10.8. The zero-order valence-electron chi connectivity index (χ0n) is 10.6. The Labute approximate surface area is 130 Å². The molecule has 0 aliphatic carbocycles. The van der Waals surface area contributed by atoms with E-state index < -0.39 is 5.82 Å². The lowest BCUT2D eigenvalue weighted by atomic mass is 10.2. The molecule has 0 bridgehead atoms. The Bertz CT molecular complexity index is 880. The number of nitrogens with zero attached hydrogens (tertiary/aromatic N) is 3. The summed E-state index contributed by atoms with van der Waals surface area (Å²) in [6.45, 7) is 0. The average molecular weight is 320 g/mol. The third-order valence-electron chi connectivity index (χ3n) is 3.16. The Morgan fingerprint density at radius 1 is 1.29 bits per heavy atom. The number of fused-ring (bicyclic) bond motifs is 1. The summed E-state index contributed by atoms with van der Waals surface area (Å²) in [5.41, 5.74) is 2.26. The quantitative estimate of drug-likeness (QED) is 0.656. The molecular formula is C15H8Cl2FN3. The Hall–Kier alpha value is -2.09. The van der Waals surface area contributed by atoms with Gasteiger partial charge in [0, 0.05) is 0 Å². The van der Waals surface area contributed by atoms with Gasteiger partial charge in [-0.3, -0.25) is 4.57 Å². The molecule has 6 heteroatoms. The van der Waals surface area contributed by atoms with E-state index in [2.05, 4.69) is 11.1 Å². The molecule has 3 aromatic rings. The van der Waals surface area contributed by atoms with Crippen LogP contribution in [0.5, 0.6) is 0 Å². The van der Waals surface area contributed by atoms with Gasteiger partial charge >= 0.3 is 0 Å². The highest BCUT2D eigenvalue weighted by molar-refractivity contribution is 6.30. The first kappa shape index (κ1) is 13.9. The van der Waals surface area contributed by atoms with Crippen molar-refractivity contribution < 1.29 is 4.39 Å². The maximum absolute atomic E-state index is 13.7. The van der Waals surface area contributed by atoms with Crippen LogP contribution in [0.3, 0.4) is 0 Å². The Morgan fingerprint density at radius 2 is 2.10 bits per heavy atom. The first-order valence-corrected chi connectivity index (χ1v) is 6.98. The predicted molar refractivity (Wildman–Crippen MR) is 80.3 cm³/mol. The molecule has 0 atom stereocenters. The molecule has 0 fully saturated rings. The molecule has 1 aromatic heterocycles. The van der Waals surface area contributed by atoms with E-state index in [1.54, 1.807) is 22.8 Å². The zero-order chi connectivity index (χ0) is 15.0. The fraction of sp³-hybridized carbons (Fsp3) is 0.0667. The van der Waals surface area contributed by atoms with Gasteiger partial charge in [-0.1, -0.05) is 17.7 Å². The van der Waals surface area contributed by atoms with E-state index in [1.165, 1.54) is 12.1 Å². The van der Waals surface area contributed by atoms with Gasteiger partial charge < -0.3 is 0 Å². The molecule has 3 nitrogen and oxygen atoms in total. The molecular weight excluding hydrogens is 312 g/mol. The lowest BCUT2D eigenvalue weighted by Crippen LogP contribution is -1.99. The number of alkyl halides is 1. The average Bonchev–Trinajstić information content (AvgIpc) is 2.88. The van der Waals surface area contributed by atoms with Gasteiger partial charge in [-0.15, -0.1) is 11.6 Å².